The third kappa shape index (κ3) is 2.94. The van der Waals surface area contributed by atoms with Crippen molar-refractivity contribution in [2.75, 3.05) is 25.4 Å². The van der Waals surface area contributed by atoms with Gasteiger partial charge in [-0.2, -0.15) is 0 Å². The second-order valence-corrected chi connectivity index (χ2v) is 5.17. The van der Waals surface area contributed by atoms with Gasteiger partial charge in [0.1, 0.15) is 12.4 Å². The van der Waals surface area contributed by atoms with Crippen LogP contribution >= 0.6 is 0 Å². The van der Waals surface area contributed by atoms with Crippen LogP contribution in [0.25, 0.3) is 0 Å². The number of rotatable bonds is 4. The van der Waals surface area contributed by atoms with E-state index in [9.17, 15) is 0 Å². The van der Waals surface area contributed by atoms with Crippen LogP contribution in [0.5, 0.6) is 5.75 Å². The number of nitrogens with two attached hydrogens (primary N) is 1. The van der Waals surface area contributed by atoms with E-state index < -0.39 is 0 Å². The molecule has 104 valence electrons. The van der Waals surface area contributed by atoms with Gasteiger partial charge in [-0.3, -0.25) is 4.90 Å². The van der Waals surface area contributed by atoms with Crippen molar-refractivity contribution in [2.45, 2.75) is 13.0 Å². The fourth-order valence-electron chi connectivity index (χ4n) is 2.66. The number of para-hydroxylation sites is 1. The van der Waals surface area contributed by atoms with Crippen LogP contribution in [0.2, 0.25) is 0 Å². The van der Waals surface area contributed by atoms with Crippen molar-refractivity contribution in [3.8, 4) is 5.75 Å². The van der Waals surface area contributed by atoms with E-state index in [4.69, 9.17) is 10.5 Å². The molecule has 2 N–H and O–H groups in total. The van der Waals surface area contributed by atoms with Gasteiger partial charge in [0, 0.05) is 25.3 Å². The summed E-state index contributed by atoms with van der Waals surface area (Å²) >= 11 is 0. The SMILES string of the molecule is Nc1cccc2c1CN(CCOc1ccccc1)CC2. The van der Waals surface area contributed by atoms with E-state index >= 15 is 0 Å². The summed E-state index contributed by atoms with van der Waals surface area (Å²) in [5.74, 6) is 0.935. The average Bonchev–Trinajstić information content (AvgIpc) is 2.49. The van der Waals surface area contributed by atoms with Crippen molar-refractivity contribution < 1.29 is 4.74 Å². The third-order valence-corrected chi connectivity index (χ3v) is 3.81. The lowest BCUT2D eigenvalue weighted by Gasteiger charge is -2.29. The smallest absolute Gasteiger partial charge is 0.119 e. The minimum Gasteiger partial charge on any atom is -0.492 e. The topological polar surface area (TPSA) is 38.5 Å². The molecule has 1 heterocycles. The first-order valence-electron chi connectivity index (χ1n) is 7.09. The Kier molecular flexibility index (Phi) is 3.88. The highest BCUT2D eigenvalue weighted by Crippen LogP contribution is 2.23. The number of nitrogens with zero attached hydrogens (tertiary/aromatic N) is 1. The number of nitrogen functional groups attached to an aromatic ring is 1. The minimum atomic E-state index is 0.714. The van der Waals surface area contributed by atoms with E-state index in [2.05, 4.69) is 11.0 Å². The second-order valence-electron chi connectivity index (χ2n) is 5.17. The molecule has 1 aliphatic heterocycles. The summed E-state index contributed by atoms with van der Waals surface area (Å²) in [6.45, 7) is 3.66. The third-order valence-electron chi connectivity index (χ3n) is 3.81. The van der Waals surface area contributed by atoms with Crippen molar-refractivity contribution >= 4 is 5.69 Å². The summed E-state index contributed by atoms with van der Waals surface area (Å²) in [7, 11) is 0. The molecular weight excluding hydrogens is 248 g/mol. The van der Waals surface area contributed by atoms with E-state index in [1.54, 1.807) is 0 Å². The lowest BCUT2D eigenvalue weighted by Crippen LogP contribution is -2.34. The van der Waals surface area contributed by atoms with Gasteiger partial charge in [-0.25, -0.2) is 0 Å². The van der Waals surface area contributed by atoms with Crippen LogP contribution in [-0.4, -0.2) is 24.6 Å². The summed E-state index contributed by atoms with van der Waals surface area (Å²) in [4.78, 5) is 2.40. The molecule has 0 amide bonds. The van der Waals surface area contributed by atoms with E-state index in [1.807, 2.05) is 42.5 Å². The van der Waals surface area contributed by atoms with Crippen molar-refractivity contribution in [3.05, 3.63) is 59.7 Å². The van der Waals surface area contributed by atoms with E-state index in [-0.39, 0.29) is 0 Å². The molecule has 20 heavy (non-hydrogen) atoms. The zero-order chi connectivity index (χ0) is 13.8. The first-order valence-corrected chi connectivity index (χ1v) is 7.09. The Morgan fingerprint density at radius 2 is 1.90 bits per heavy atom. The second kappa shape index (κ2) is 5.97. The Labute approximate surface area is 120 Å². The fraction of sp³-hybridized carbons (Fsp3) is 0.294. The van der Waals surface area contributed by atoms with E-state index in [1.165, 1.54) is 11.1 Å². The standard InChI is InChI=1S/C17H20N2O/c18-17-8-4-5-14-9-10-19(13-16(14)17)11-12-20-15-6-2-1-3-7-15/h1-8H,9-13,18H2. The minimum absolute atomic E-state index is 0.714. The van der Waals surface area contributed by atoms with Gasteiger partial charge in [-0.05, 0) is 35.7 Å². The monoisotopic (exact) mass is 268 g/mol. The molecule has 0 bridgehead atoms. The highest BCUT2D eigenvalue weighted by atomic mass is 16.5. The van der Waals surface area contributed by atoms with E-state index in [0.717, 1.165) is 37.5 Å². The zero-order valence-corrected chi connectivity index (χ0v) is 11.6. The summed E-state index contributed by atoms with van der Waals surface area (Å²) < 4.78 is 5.75. The maximum absolute atomic E-state index is 6.07. The number of hydrogen-bond acceptors (Lipinski definition) is 3. The number of ether oxygens (including phenoxy) is 1. The highest BCUT2D eigenvalue weighted by Gasteiger charge is 2.17. The number of fused-ring (bicyclic) bond motifs is 1. The Morgan fingerprint density at radius 1 is 1.05 bits per heavy atom. The predicted molar refractivity (Wildman–Crippen MR) is 81.8 cm³/mol. The van der Waals surface area contributed by atoms with Crippen LogP contribution < -0.4 is 10.5 Å². The van der Waals surface area contributed by atoms with E-state index in [0.29, 0.717) is 6.61 Å². The van der Waals surface area contributed by atoms with Gasteiger partial charge in [0.2, 0.25) is 0 Å². The number of anilines is 1. The van der Waals surface area contributed by atoms with Crippen molar-refractivity contribution in [1.82, 2.24) is 4.90 Å². The molecule has 3 heteroatoms. The quantitative estimate of drug-likeness (QED) is 0.866. The first kappa shape index (κ1) is 13.0. The molecule has 1 aliphatic rings. The van der Waals surface area contributed by atoms with Gasteiger partial charge >= 0.3 is 0 Å². The lowest BCUT2D eigenvalue weighted by molar-refractivity contribution is 0.196. The maximum atomic E-state index is 6.07. The zero-order valence-electron chi connectivity index (χ0n) is 11.6. The molecule has 3 rings (SSSR count). The Bertz CT molecular complexity index is 568. The lowest BCUT2D eigenvalue weighted by atomic mass is 9.98. The summed E-state index contributed by atoms with van der Waals surface area (Å²) in [6.07, 6.45) is 1.08. The van der Waals surface area contributed by atoms with Gasteiger partial charge in [0.15, 0.2) is 0 Å². The molecule has 0 saturated carbocycles. The summed E-state index contributed by atoms with van der Waals surface area (Å²) in [5, 5.41) is 0. The van der Waals surface area contributed by atoms with Crippen molar-refractivity contribution in [1.29, 1.82) is 0 Å². The Morgan fingerprint density at radius 3 is 2.75 bits per heavy atom. The summed E-state index contributed by atoms with van der Waals surface area (Å²) in [5.41, 5.74) is 9.66. The highest BCUT2D eigenvalue weighted by molar-refractivity contribution is 5.51. The molecule has 0 radical (unpaired) electrons. The first-order chi connectivity index (χ1) is 9.83. The maximum Gasteiger partial charge on any atom is 0.119 e. The normalized spacial score (nSPS) is 14.8. The van der Waals surface area contributed by atoms with Crippen molar-refractivity contribution in [3.63, 3.8) is 0 Å². The van der Waals surface area contributed by atoms with Gasteiger partial charge in [-0.15, -0.1) is 0 Å². The number of hydrogen-bond donors (Lipinski definition) is 1. The average molecular weight is 268 g/mol. The molecule has 0 atom stereocenters. The van der Waals surface area contributed by atoms with Gasteiger partial charge < -0.3 is 10.5 Å². The molecular formula is C17H20N2O. The van der Waals surface area contributed by atoms with Crippen LogP contribution in [0.15, 0.2) is 48.5 Å². The molecule has 0 aliphatic carbocycles. The molecule has 0 fully saturated rings. The largest absolute Gasteiger partial charge is 0.492 e. The molecule has 2 aromatic rings. The molecule has 0 unspecified atom stereocenters. The molecule has 0 aromatic heterocycles. The van der Waals surface area contributed by atoms with Gasteiger partial charge in [-0.1, -0.05) is 30.3 Å². The molecule has 2 aromatic carbocycles. The summed E-state index contributed by atoms with van der Waals surface area (Å²) in [6, 6.07) is 16.2. The Hall–Kier alpha value is -2.00. The van der Waals surface area contributed by atoms with Crippen LogP contribution in [0.1, 0.15) is 11.1 Å². The van der Waals surface area contributed by atoms with Crippen LogP contribution in [0, 0.1) is 0 Å². The number of benzene rings is 2. The van der Waals surface area contributed by atoms with Gasteiger partial charge in [0.25, 0.3) is 0 Å². The van der Waals surface area contributed by atoms with Crippen LogP contribution in [0.3, 0.4) is 0 Å². The Balaban J connectivity index is 1.54. The van der Waals surface area contributed by atoms with Crippen LogP contribution in [0.4, 0.5) is 5.69 Å². The molecule has 0 spiro atoms. The molecule has 0 saturated heterocycles. The predicted octanol–water partition coefficient (Wildman–Crippen LogP) is 2.71. The fourth-order valence-corrected chi connectivity index (χ4v) is 2.66. The van der Waals surface area contributed by atoms with Crippen molar-refractivity contribution in [2.24, 2.45) is 0 Å². The van der Waals surface area contributed by atoms with Crippen LogP contribution in [-0.2, 0) is 13.0 Å². The molecule has 3 nitrogen and oxygen atoms in total. The van der Waals surface area contributed by atoms with Gasteiger partial charge in [0.05, 0.1) is 0 Å².